The van der Waals surface area contributed by atoms with Crippen LogP contribution in [-0.4, -0.2) is 37.2 Å². The van der Waals surface area contributed by atoms with Gasteiger partial charge in [0.05, 0.1) is 18.0 Å². The molecule has 0 saturated heterocycles. The quantitative estimate of drug-likeness (QED) is 0.618. The Labute approximate surface area is 115 Å². The van der Waals surface area contributed by atoms with Gasteiger partial charge in [0.15, 0.2) is 0 Å². The van der Waals surface area contributed by atoms with Gasteiger partial charge in [-0.05, 0) is 38.4 Å². The van der Waals surface area contributed by atoms with E-state index in [-0.39, 0.29) is 12.3 Å². The summed E-state index contributed by atoms with van der Waals surface area (Å²) in [5, 5.41) is 3.25. The third kappa shape index (κ3) is 7.86. The van der Waals surface area contributed by atoms with Crippen molar-refractivity contribution in [3.8, 4) is 0 Å². The van der Waals surface area contributed by atoms with Crippen LogP contribution in [0.25, 0.3) is 0 Å². The van der Waals surface area contributed by atoms with Gasteiger partial charge >= 0.3 is 0 Å². The molecule has 2 N–H and O–H groups in total. The van der Waals surface area contributed by atoms with Crippen molar-refractivity contribution >= 4 is 10.0 Å². The van der Waals surface area contributed by atoms with Gasteiger partial charge in [0.1, 0.15) is 6.33 Å². The molecule has 108 valence electrons. The Morgan fingerprint density at radius 2 is 2.11 bits per heavy atom. The molecule has 0 aromatic carbocycles. The fraction of sp³-hybridized carbons (Fsp3) is 0.667. The van der Waals surface area contributed by atoms with E-state index in [1.807, 2.05) is 0 Å². The lowest BCUT2D eigenvalue weighted by molar-refractivity contribution is 0.572. The van der Waals surface area contributed by atoms with E-state index >= 15 is 0 Å². The molecule has 0 amide bonds. The zero-order valence-electron chi connectivity index (χ0n) is 11.3. The SMILES string of the molecule is CCCNCCCCS(=O)(=O)NCc1ccncn1. The highest BCUT2D eigenvalue weighted by Gasteiger charge is 2.09. The molecule has 1 heterocycles. The molecular weight excluding hydrogens is 264 g/mol. The summed E-state index contributed by atoms with van der Waals surface area (Å²) in [6.45, 7) is 4.18. The predicted molar refractivity (Wildman–Crippen MR) is 75.1 cm³/mol. The number of nitrogens with one attached hydrogen (secondary N) is 2. The Kier molecular flexibility index (Phi) is 7.54. The lowest BCUT2D eigenvalue weighted by Gasteiger charge is -2.06. The molecule has 0 fully saturated rings. The molecule has 0 aliphatic heterocycles. The Morgan fingerprint density at radius 3 is 2.79 bits per heavy atom. The first-order valence-corrected chi connectivity index (χ1v) is 8.22. The fourth-order valence-electron chi connectivity index (χ4n) is 1.52. The highest BCUT2D eigenvalue weighted by molar-refractivity contribution is 7.89. The second kappa shape index (κ2) is 8.95. The summed E-state index contributed by atoms with van der Waals surface area (Å²) >= 11 is 0. The van der Waals surface area contributed by atoms with E-state index in [0.29, 0.717) is 12.1 Å². The molecule has 1 rings (SSSR count). The van der Waals surface area contributed by atoms with E-state index in [2.05, 4.69) is 26.9 Å². The van der Waals surface area contributed by atoms with Gasteiger partial charge in [-0.2, -0.15) is 0 Å². The first kappa shape index (κ1) is 16.0. The van der Waals surface area contributed by atoms with E-state index in [1.165, 1.54) is 6.33 Å². The molecule has 0 spiro atoms. The average molecular weight is 286 g/mol. The van der Waals surface area contributed by atoms with Crippen LogP contribution in [0.4, 0.5) is 0 Å². The molecule has 1 aromatic heterocycles. The zero-order chi connectivity index (χ0) is 14.0. The molecule has 0 aliphatic carbocycles. The Bertz CT molecular complexity index is 436. The van der Waals surface area contributed by atoms with Gasteiger partial charge in [0, 0.05) is 6.20 Å². The van der Waals surface area contributed by atoms with Gasteiger partial charge in [0.2, 0.25) is 10.0 Å². The normalized spacial score (nSPS) is 11.6. The van der Waals surface area contributed by atoms with Crippen LogP contribution in [0, 0.1) is 0 Å². The van der Waals surface area contributed by atoms with E-state index in [4.69, 9.17) is 0 Å². The van der Waals surface area contributed by atoms with Gasteiger partial charge in [-0.1, -0.05) is 6.92 Å². The molecule has 7 heteroatoms. The Balaban J connectivity index is 2.17. The Morgan fingerprint density at radius 1 is 1.26 bits per heavy atom. The highest BCUT2D eigenvalue weighted by Crippen LogP contribution is 1.97. The summed E-state index contributed by atoms with van der Waals surface area (Å²) in [7, 11) is -3.21. The monoisotopic (exact) mass is 286 g/mol. The minimum absolute atomic E-state index is 0.159. The average Bonchev–Trinajstić information content (AvgIpc) is 2.42. The van der Waals surface area contributed by atoms with E-state index in [9.17, 15) is 8.42 Å². The molecule has 6 nitrogen and oxygen atoms in total. The zero-order valence-corrected chi connectivity index (χ0v) is 12.1. The van der Waals surface area contributed by atoms with Crippen LogP contribution in [0.15, 0.2) is 18.6 Å². The third-order valence-corrected chi connectivity index (χ3v) is 3.97. The van der Waals surface area contributed by atoms with Crippen molar-refractivity contribution in [3.63, 3.8) is 0 Å². The lowest BCUT2D eigenvalue weighted by atomic mass is 10.3. The number of sulfonamides is 1. The maximum Gasteiger partial charge on any atom is 0.211 e. The van der Waals surface area contributed by atoms with Crippen molar-refractivity contribution in [2.24, 2.45) is 0 Å². The van der Waals surface area contributed by atoms with Crippen LogP contribution < -0.4 is 10.0 Å². The summed E-state index contributed by atoms with van der Waals surface area (Å²) in [5.41, 5.74) is 0.670. The summed E-state index contributed by atoms with van der Waals surface area (Å²) in [6.07, 6.45) is 5.63. The minimum Gasteiger partial charge on any atom is -0.317 e. The van der Waals surface area contributed by atoms with E-state index in [1.54, 1.807) is 12.3 Å². The summed E-state index contributed by atoms with van der Waals surface area (Å²) in [6, 6.07) is 1.69. The topological polar surface area (TPSA) is 84.0 Å². The second-order valence-electron chi connectivity index (χ2n) is 4.30. The number of hydrogen-bond acceptors (Lipinski definition) is 5. The molecule has 0 saturated carbocycles. The number of nitrogens with zero attached hydrogens (tertiary/aromatic N) is 2. The van der Waals surface area contributed by atoms with Crippen LogP contribution in [0.3, 0.4) is 0 Å². The smallest absolute Gasteiger partial charge is 0.211 e. The lowest BCUT2D eigenvalue weighted by Crippen LogP contribution is -2.27. The van der Waals surface area contributed by atoms with Crippen LogP contribution in [0.1, 0.15) is 31.9 Å². The molecule has 0 radical (unpaired) electrons. The number of unbranched alkanes of at least 4 members (excludes halogenated alkanes) is 1. The van der Waals surface area contributed by atoms with Crippen molar-refractivity contribution in [1.29, 1.82) is 0 Å². The Hall–Kier alpha value is -1.05. The minimum atomic E-state index is -3.21. The number of aromatic nitrogens is 2. The maximum atomic E-state index is 11.7. The molecular formula is C12H22N4O2S. The van der Waals surface area contributed by atoms with Crippen molar-refractivity contribution in [1.82, 2.24) is 20.0 Å². The van der Waals surface area contributed by atoms with Crippen LogP contribution >= 0.6 is 0 Å². The van der Waals surface area contributed by atoms with Gasteiger partial charge in [-0.3, -0.25) is 0 Å². The summed E-state index contributed by atoms with van der Waals surface area (Å²) < 4.78 is 26.0. The first-order valence-electron chi connectivity index (χ1n) is 6.57. The standard InChI is InChI=1S/C12H22N4O2S/c1-2-6-13-7-3-4-9-19(17,18)16-10-12-5-8-14-11-15-12/h5,8,11,13,16H,2-4,6-7,9-10H2,1H3. The molecule has 19 heavy (non-hydrogen) atoms. The van der Waals surface area contributed by atoms with Gasteiger partial charge in [0.25, 0.3) is 0 Å². The molecule has 0 bridgehead atoms. The van der Waals surface area contributed by atoms with Gasteiger partial charge in [-0.15, -0.1) is 0 Å². The summed E-state index contributed by atoms with van der Waals surface area (Å²) in [4.78, 5) is 7.74. The van der Waals surface area contributed by atoms with Crippen molar-refractivity contribution in [2.75, 3.05) is 18.8 Å². The highest BCUT2D eigenvalue weighted by atomic mass is 32.2. The van der Waals surface area contributed by atoms with Crippen LogP contribution in [0.2, 0.25) is 0 Å². The fourth-order valence-corrected chi connectivity index (χ4v) is 2.62. The van der Waals surface area contributed by atoms with Gasteiger partial charge in [-0.25, -0.2) is 23.1 Å². The van der Waals surface area contributed by atoms with Crippen molar-refractivity contribution < 1.29 is 8.42 Å². The van der Waals surface area contributed by atoms with E-state index in [0.717, 1.165) is 25.9 Å². The second-order valence-corrected chi connectivity index (χ2v) is 6.22. The molecule has 1 aromatic rings. The third-order valence-electron chi connectivity index (χ3n) is 2.56. The molecule has 0 unspecified atom stereocenters. The number of rotatable bonds is 10. The molecule has 0 atom stereocenters. The van der Waals surface area contributed by atoms with Gasteiger partial charge < -0.3 is 5.32 Å². The predicted octanol–water partition coefficient (Wildman–Crippen LogP) is 0.676. The largest absolute Gasteiger partial charge is 0.317 e. The number of hydrogen-bond donors (Lipinski definition) is 2. The van der Waals surface area contributed by atoms with E-state index < -0.39 is 10.0 Å². The van der Waals surface area contributed by atoms with Crippen LogP contribution in [-0.2, 0) is 16.6 Å². The maximum absolute atomic E-state index is 11.7. The van der Waals surface area contributed by atoms with Crippen molar-refractivity contribution in [3.05, 3.63) is 24.3 Å². The van der Waals surface area contributed by atoms with Crippen LogP contribution in [0.5, 0.6) is 0 Å². The van der Waals surface area contributed by atoms with Crippen molar-refractivity contribution in [2.45, 2.75) is 32.7 Å². The first-order chi connectivity index (χ1) is 9.14. The molecule has 0 aliphatic rings. The summed E-state index contributed by atoms with van der Waals surface area (Å²) in [5.74, 6) is 0.159.